The Morgan fingerprint density at radius 3 is 2.44 bits per heavy atom. The van der Waals surface area contributed by atoms with Crippen LogP contribution in [0.5, 0.6) is 0 Å². The molecule has 0 saturated carbocycles. The predicted molar refractivity (Wildman–Crippen MR) is 79.6 cm³/mol. The summed E-state index contributed by atoms with van der Waals surface area (Å²) in [5, 5.41) is 4.68. The van der Waals surface area contributed by atoms with Crippen molar-refractivity contribution in [1.29, 1.82) is 0 Å². The van der Waals surface area contributed by atoms with Crippen LogP contribution in [-0.4, -0.2) is 14.0 Å². The van der Waals surface area contributed by atoms with E-state index in [1.165, 1.54) is 11.1 Å². The minimum Gasteiger partial charge on any atom is -0.455 e. The van der Waals surface area contributed by atoms with E-state index in [9.17, 15) is 0 Å². The van der Waals surface area contributed by atoms with Crippen molar-refractivity contribution < 1.29 is 4.53 Å². The molecule has 18 heavy (non-hydrogen) atoms. The van der Waals surface area contributed by atoms with Gasteiger partial charge in [0.1, 0.15) is 0 Å². The molecule has 98 valence electrons. The fourth-order valence-corrected chi connectivity index (χ4v) is 2.42. The largest absolute Gasteiger partial charge is 0.455 e. The van der Waals surface area contributed by atoms with Crippen LogP contribution in [0.15, 0.2) is 29.4 Å². The smallest absolute Gasteiger partial charge is 0.286 e. The Kier molecular flexibility index (Phi) is 3.36. The lowest BCUT2D eigenvalue weighted by Gasteiger charge is -2.33. The first-order valence-corrected chi connectivity index (χ1v) is 9.55. The van der Waals surface area contributed by atoms with Crippen LogP contribution in [0.2, 0.25) is 18.1 Å². The summed E-state index contributed by atoms with van der Waals surface area (Å²) < 4.78 is 5.96. The quantitative estimate of drug-likeness (QED) is 0.572. The van der Waals surface area contributed by atoms with E-state index in [-0.39, 0.29) is 5.04 Å². The standard InChI is InChI=1S/C15H23NOSi/c1-15(2,3)18(4,5)17-16-14-11-10-12-8-6-7-9-13(12)14/h6-9H,10-11H2,1-5H3/b16-14+. The van der Waals surface area contributed by atoms with Gasteiger partial charge in [-0.2, -0.15) is 0 Å². The molecule has 0 aromatic heterocycles. The Morgan fingerprint density at radius 1 is 1.11 bits per heavy atom. The maximum atomic E-state index is 5.96. The zero-order valence-electron chi connectivity index (χ0n) is 12.1. The Morgan fingerprint density at radius 2 is 1.78 bits per heavy atom. The molecular formula is C15H23NOSi. The Hall–Kier alpha value is -1.09. The van der Waals surface area contributed by atoms with Crippen LogP contribution in [0, 0.1) is 0 Å². The first-order chi connectivity index (χ1) is 8.31. The van der Waals surface area contributed by atoms with Crippen molar-refractivity contribution in [3.8, 4) is 0 Å². The van der Waals surface area contributed by atoms with Crippen LogP contribution in [-0.2, 0) is 10.9 Å². The molecular weight excluding hydrogens is 238 g/mol. The van der Waals surface area contributed by atoms with Gasteiger partial charge in [-0.3, -0.25) is 0 Å². The zero-order valence-corrected chi connectivity index (χ0v) is 13.1. The van der Waals surface area contributed by atoms with Crippen LogP contribution >= 0.6 is 0 Å². The molecule has 1 aliphatic rings. The molecule has 0 bridgehead atoms. The Balaban J connectivity index is 2.18. The highest BCUT2D eigenvalue weighted by Crippen LogP contribution is 2.37. The number of hydrogen-bond acceptors (Lipinski definition) is 2. The Labute approximate surface area is 111 Å². The molecule has 0 aliphatic heterocycles. The summed E-state index contributed by atoms with van der Waals surface area (Å²) in [4.78, 5) is 0. The van der Waals surface area contributed by atoms with E-state index < -0.39 is 8.32 Å². The minimum atomic E-state index is -1.78. The van der Waals surface area contributed by atoms with Gasteiger partial charge in [-0.25, -0.2) is 0 Å². The molecule has 1 aromatic rings. The van der Waals surface area contributed by atoms with Crippen molar-refractivity contribution in [3.63, 3.8) is 0 Å². The molecule has 0 unspecified atom stereocenters. The van der Waals surface area contributed by atoms with Gasteiger partial charge in [0, 0.05) is 5.56 Å². The summed E-state index contributed by atoms with van der Waals surface area (Å²) >= 11 is 0. The highest BCUT2D eigenvalue weighted by atomic mass is 28.4. The van der Waals surface area contributed by atoms with Crippen molar-refractivity contribution in [2.45, 2.75) is 51.7 Å². The van der Waals surface area contributed by atoms with Crippen molar-refractivity contribution >= 4 is 14.0 Å². The molecule has 2 nitrogen and oxygen atoms in total. The molecule has 0 amide bonds. The molecule has 0 atom stereocenters. The van der Waals surface area contributed by atoms with E-state index in [1.807, 2.05) is 0 Å². The third kappa shape index (κ3) is 2.51. The fraction of sp³-hybridized carbons (Fsp3) is 0.533. The maximum absolute atomic E-state index is 5.96. The molecule has 0 radical (unpaired) electrons. The van der Waals surface area contributed by atoms with Crippen LogP contribution in [0.4, 0.5) is 0 Å². The van der Waals surface area contributed by atoms with Gasteiger partial charge in [-0.15, -0.1) is 5.16 Å². The molecule has 1 aliphatic carbocycles. The fourth-order valence-electron chi connectivity index (χ4n) is 1.81. The van der Waals surface area contributed by atoms with Gasteiger partial charge in [-0.1, -0.05) is 45.0 Å². The van der Waals surface area contributed by atoms with Gasteiger partial charge in [0.15, 0.2) is 0 Å². The second-order valence-corrected chi connectivity index (χ2v) is 11.2. The number of aryl methyl sites for hydroxylation is 1. The van der Waals surface area contributed by atoms with E-state index >= 15 is 0 Å². The van der Waals surface area contributed by atoms with Gasteiger partial charge >= 0.3 is 0 Å². The Bertz CT molecular complexity index is 472. The van der Waals surface area contributed by atoms with Crippen molar-refractivity contribution in [1.82, 2.24) is 0 Å². The van der Waals surface area contributed by atoms with Crippen molar-refractivity contribution in [2.75, 3.05) is 0 Å². The zero-order chi connectivity index (χ0) is 13.4. The van der Waals surface area contributed by atoms with Crippen LogP contribution < -0.4 is 0 Å². The normalized spacial score (nSPS) is 17.9. The molecule has 0 saturated heterocycles. The second kappa shape index (κ2) is 4.54. The lowest BCUT2D eigenvalue weighted by atomic mass is 10.1. The van der Waals surface area contributed by atoms with Gasteiger partial charge in [-0.05, 0) is 36.5 Å². The van der Waals surface area contributed by atoms with Crippen LogP contribution in [0.1, 0.15) is 38.3 Å². The van der Waals surface area contributed by atoms with Crippen LogP contribution in [0.3, 0.4) is 0 Å². The topological polar surface area (TPSA) is 21.6 Å². The third-order valence-corrected chi connectivity index (χ3v) is 8.31. The third-order valence-electron chi connectivity index (χ3n) is 4.15. The van der Waals surface area contributed by atoms with E-state index in [2.05, 4.69) is 63.3 Å². The molecule has 2 rings (SSSR count). The average molecular weight is 261 g/mol. The molecule has 0 fully saturated rings. The summed E-state index contributed by atoms with van der Waals surface area (Å²) in [5.41, 5.74) is 3.79. The number of fused-ring (bicyclic) bond motifs is 1. The number of nitrogens with zero attached hydrogens (tertiary/aromatic N) is 1. The van der Waals surface area contributed by atoms with Gasteiger partial charge in [0.05, 0.1) is 5.71 Å². The number of hydrogen-bond donors (Lipinski definition) is 0. The first-order valence-electron chi connectivity index (χ1n) is 6.64. The summed E-state index contributed by atoms with van der Waals surface area (Å²) in [7, 11) is -1.78. The molecule has 0 heterocycles. The van der Waals surface area contributed by atoms with Gasteiger partial charge in [0.2, 0.25) is 0 Å². The minimum absolute atomic E-state index is 0.204. The monoisotopic (exact) mass is 261 g/mol. The van der Waals surface area contributed by atoms with Gasteiger partial charge in [0.25, 0.3) is 8.32 Å². The SMILES string of the molecule is CC(C)(C)[Si](C)(C)O/N=C1\CCc2ccccc21. The van der Waals surface area contributed by atoms with Crippen molar-refractivity contribution in [3.05, 3.63) is 35.4 Å². The van der Waals surface area contributed by atoms with E-state index in [0.29, 0.717) is 0 Å². The molecule has 3 heteroatoms. The summed E-state index contributed by atoms with van der Waals surface area (Å²) in [6.45, 7) is 11.2. The summed E-state index contributed by atoms with van der Waals surface area (Å²) in [6.07, 6.45) is 2.10. The summed E-state index contributed by atoms with van der Waals surface area (Å²) in [6, 6.07) is 8.50. The maximum Gasteiger partial charge on any atom is 0.286 e. The first kappa shape index (κ1) is 13.3. The molecule has 0 spiro atoms. The lowest BCUT2D eigenvalue weighted by molar-refractivity contribution is 0.307. The van der Waals surface area contributed by atoms with Crippen molar-refractivity contribution in [2.24, 2.45) is 5.16 Å². The second-order valence-electron chi connectivity index (χ2n) is 6.55. The van der Waals surface area contributed by atoms with E-state index in [4.69, 9.17) is 4.53 Å². The lowest BCUT2D eigenvalue weighted by Crippen LogP contribution is -2.39. The summed E-state index contributed by atoms with van der Waals surface area (Å²) in [5.74, 6) is 0. The van der Waals surface area contributed by atoms with Crippen LogP contribution in [0.25, 0.3) is 0 Å². The highest BCUT2D eigenvalue weighted by Gasteiger charge is 2.40. The van der Waals surface area contributed by atoms with Gasteiger partial charge < -0.3 is 4.53 Å². The number of oxime groups is 1. The van der Waals surface area contributed by atoms with E-state index in [0.717, 1.165) is 18.6 Å². The number of rotatable bonds is 2. The number of benzene rings is 1. The average Bonchev–Trinajstić information content (AvgIpc) is 2.68. The van der Waals surface area contributed by atoms with E-state index in [1.54, 1.807) is 0 Å². The molecule has 1 aromatic carbocycles. The highest BCUT2D eigenvalue weighted by molar-refractivity contribution is 6.74. The molecule has 0 N–H and O–H groups in total. The predicted octanol–water partition coefficient (Wildman–Crippen LogP) is 4.36.